The highest BCUT2D eigenvalue weighted by atomic mass is 16.5. The van der Waals surface area contributed by atoms with Crippen LogP contribution >= 0.6 is 0 Å². The summed E-state index contributed by atoms with van der Waals surface area (Å²) in [4.78, 5) is 15.6. The molecule has 0 atom stereocenters. The van der Waals surface area contributed by atoms with E-state index in [0.29, 0.717) is 34.8 Å². The molecule has 0 amide bonds. The quantitative estimate of drug-likeness (QED) is 0.571. The summed E-state index contributed by atoms with van der Waals surface area (Å²) < 4.78 is 16.6. The van der Waals surface area contributed by atoms with Gasteiger partial charge in [-0.3, -0.25) is 0 Å². The van der Waals surface area contributed by atoms with Crippen LogP contribution in [0.5, 0.6) is 11.5 Å². The summed E-state index contributed by atoms with van der Waals surface area (Å²) >= 11 is 0. The topological polar surface area (TPSA) is 84.6 Å². The van der Waals surface area contributed by atoms with Crippen molar-refractivity contribution in [2.75, 3.05) is 13.7 Å². The Morgan fingerprint density at radius 3 is 2.78 bits per heavy atom. The lowest BCUT2D eigenvalue weighted by atomic mass is 10.1. The number of aliphatic carboxylic acids is 1. The van der Waals surface area contributed by atoms with E-state index >= 15 is 0 Å². The number of carboxylic acid groups (broad SMARTS) is 1. The molecule has 2 aromatic carbocycles. The van der Waals surface area contributed by atoms with Crippen molar-refractivity contribution in [1.82, 2.24) is 4.98 Å². The Balaban J connectivity index is 2.00. The van der Waals surface area contributed by atoms with E-state index in [1.165, 1.54) is 7.11 Å². The zero-order chi connectivity index (χ0) is 19.2. The van der Waals surface area contributed by atoms with Crippen molar-refractivity contribution in [3.63, 3.8) is 0 Å². The smallest absolute Gasteiger partial charge is 0.223 e. The summed E-state index contributed by atoms with van der Waals surface area (Å²) in [6.07, 6.45) is 2.99. The van der Waals surface area contributed by atoms with Gasteiger partial charge < -0.3 is 23.8 Å². The van der Waals surface area contributed by atoms with Crippen LogP contribution in [0.3, 0.4) is 0 Å². The second-order valence-electron chi connectivity index (χ2n) is 5.72. The van der Waals surface area contributed by atoms with Crippen LogP contribution in [-0.4, -0.2) is 24.7 Å². The Bertz CT molecular complexity index is 970. The Morgan fingerprint density at radius 1 is 1.26 bits per heavy atom. The maximum Gasteiger partial charge on any atom is 0.223 e. The third-order valence-corrected chi connectivity index (χ3v) is 3.79. The molecule has 0 aliphatic heterocycles. The number of carbonyl (C=O) groups is 1. The second kappa shape index (κ2) is 8.23. The van der Waals surface area contributed by atoms with Crippen LogP contribution in [0.15, 0.2) is 59.5 Å². The van der Waals surface area contributed by atoms with Gasteiger partial charge in [-0.05, 0) is 35.9 Å². The second-order valence-corrected chi connectivity index (χ2v) is 5.72. The number of rotatable bonds is 8. The van der Waals surface area contributed by atoms with Crippen molar-refractivity contribution in [1.29, 1.82) is 0 Å². The van der Waals surface area contributed by atoms with Gasteiger partial charge in [0.2, 0.25) is 5.89 Å². The van der Waals surface area contributed by atoms with Crippen LogP contribution in [0.25, 0.3) is 22.7 Å². The summed E-state index contributed by atoms with van der Waals surface area (Å²) in [7, 11) is 1.53. The van der Waals surface area contributed by atoms with Gasteiger partial charge in [-0.25, -0.2) is 4.98 Å². The van der Waals surface area contributed by atoms with E-state index < -0.39 is 5.97 Å². The minimum Gasteiger partial charge on any atom is -0.550 e. The lowest BCUT2D eigenvalue weighted by Crippen LogP contribution is -2.22. The fourth-order valence-corrected chi connectivity index (χ4v) is 2.60. The predicted octanol–water partition coefficient (Wildman–Crippen LogP) is 3.08. The number of para-hydroxylation sites is 2. The fraction of sp³-hybridized carbons (Fsp3) is 0.143. The summed E-state index contributed by atoms with van der Waals surface area (Å²) in [6.45, 7) is 3.96. The van der Waals surface area contributed by atoms with Crippen molar-refractivity contribution >= 4 is 28.7 Å². The first-order chi connectivity index (χ1) is 13.1. The fourth-order valence-electron chi connectivity index (χ4n) is 2.60. The molecule has 1 heterocycles. The monoisotopic (exact) mass is 364 g/mol. The first-order valence-electron chi connectivity index (χ1n) is 8.29. The number of hydrogen-bond acceptors (Lipinski definition) is 6. The molecule has 0 saturated heterocycles. The third-order valence-electron chi connectivity index (χ3n) is 3.79. The molecule has 27 heavy (non-hydrogen) atoms. The van der Waals surface area contributed by atoms with Gasteiger partial charge in [-0.1, -0.05) is 30.9 Å². The maximum absolute atomic E-state index is 11.2. The number of benzene rings is 2. The first-order valence-corrected chi connectivity index (χ1v) is 8.29. The predicted molar refractivity (Wildman–Crippen MR) is 100 cm³/mol. The molecule has 3 rings (SSSR count). The van der Waals surface area contributed by atoms with E-state index in [0.717, 1.165) is 5.56 Å². The Morgan fingerprint density at radius 2 is 2.07 bits per heavy atom. The van der Waals surface area contributed by atoms with E-state index in [9.17, 15) is 9.90 Å². The molecular weight excluding hydrogens is 346 g/mol. The summed E-state index contributed by atoms with van der Waals surface area (Å²) in [5, 5.41) is 11.2. The van der Waals surface area contributed by atoms with E-state index in [-0.39, 0.29) is 12.3 Å². The molecule has 0 unspecified atom stereocenters. The van der Waals surface area contributed by atoms with Crippen LogP contribution in [0.2, 0.25) is 0 Å². The molecule has 0 aliphatic rings. The average molecular weight is 364 g/mol. The van der Waals surface area contributed by atoms with Crippen LogP contribution in [0.1, 0.15) is 17.9 Å². The molecule has 0 bridgehead atoms. The number of carboxylic acids is 1. The Labute approximate surface area is 156 Å². The largest absolute Gasteiger partial charge is 0.550 e. The lowest BCUT2D eigenvalue weighted by Gasteiger charge is -2.10. The SMILES string of the molecule is C=CCOc1ccc(/C=C(\CC(=O)[O-])c2nc3ccccc3o2)cc1OC. The van der Waals surface area contributed by atoms with Gasteiger partial charge in [-0.2, -0.15) is 0 Å². The van der Waals surface area contributed by atoms with Gasteiger partial charge in [0.25, 0.3) is 0 Å². The lowest BCUT2D eigenvalue weighted by molar-refractivity contribution is -0.304. The summed E-state index contributed by atoms with van der Waals surface area (Å²) in [5.41, 5.74) is 2.36. The molecule has 0 N–H and O–H groups in total. The van der Waals surface area contributed by atoms with Crippen molar-refractivity contribution in [3.05, 3.63) is 66.6 Å². The maximum atomic E-state index is 11.2. The molecule has 138 valence electrons. The number of fused-ring (bicyclic) bond motifs is 1. The van der Waals surface area contributed by atoms with Crippen LogP contribution < -0.4 is 14.6 Å². The van der Waals surface area contributed by atoms with Crippen molar-refractivity contribution < 1.29 is 23.8 Å². The van der Waals surface area contributed by atoms with Gasteiger partial charge in [-0.15, -0.1) is 0 Å². The van der Waals surface area contributed by atoms with Crippen LogP contribution in [0.4, 0.5) is 0 Å². The summed E-state index contributed by atoms with van der Waals surface area (Å²) in [6, 6.07) is 12.5. The minimum absolute atomic E-state index is 0.242. The molecule has 0 saturated carbocycles. The van der Waals surface area contributed by atoms with Crippen molar-refractivity contribution in [2.24, 2.45) is 0 Å². The van der Waals surface area contributed by atoms with Crippen molar-refractivity contribution in [2.45, 2.75) is 6.42 Å². The standard InChI is InChI=1S/C21H19NO5/c1-3-10-26-18-9-8-14(12-19(18)25-2)11-15(13-20(23)24)21-22-16-6-4-5-7-17(16)27-21/h3-9,11-12H,1,10,13H2,2H3,(H,23,24)/p-1/b15-11+. The molecule has 6 nitrogen and oxygen atoms in total. The first kappa shape index (κ1) is 18.3. The summed E-state index contributed by atoms with van der Waals surface area (Å²) in [5.74, 6) is 0.113. The highest BCUT2D eigenvalue weighted by Crippen LogP contribution is 2.31. The molecule has 0 radical (unpaired) electrons. The van der Waals surface area contributed by atoms with E-state index in [1.54, 1.807) is 42.5 Å². The number of carbonyl (C=O) groups excluding carboxylic acids is 1. The van der Waals surface area contributed by atoms with E-state index in [1.807, 2.05) is 12.1 Å². The molecule has 6 heteroatoms. The normalized spacial score (nSPS) is 11.4. The number of hydrogen-bond donors (Lipinski definition) is 0. The van der Waals surface area contributed by atoms with E-state index in [4.69, 9.17) is 13.9 Å². The van der Waals surface area contributed by atoms with E-state index in [2.05, 4.69) is 11.6 Å². The molecule has 0 aliphatic carbocycles. The average Bonchev–Trinajstić information content (AvgIpc) is 3.10. The molecule has 0 spiro atoms. The van der Waals surface area contributed by atoms with Gasteiger partial charge in [0, 0.05) is 18.0 Å². The molecule has 3 aromatic rings. The Hall–Kier alpha value is -3.54. The highest BCUT2D eigenvalue weighted by molar-refractivity contribution is 5.90. The van der Waals surface area contributed by atoms with Crippen molar-refractivity contribution in [3.8, 4) is 11.5 Å². The number of nitrogens with zero attached hydrogens (tertiary/aromatic N) is 1. The van der Waals surface area contributed by atoms with Gasteiger partial charge in [0.05, 0.1) is 7.11 Å². The Kier molecular flexibility index (Phi) is 5.56. The highest BCUT2D eigenvalue weighted by Gasteiger charge is 2.12. The zero-order valence-corrected chi connectivity index (χ0v) is 14.8. The third kappa shape index (κ3) is 4.36. The van der Waals surface area contributed by atoms with Crippen LogP contribution in [-0.2, 0) is 4.79 Å². The van der Waals surface area contributed by atoms with Crippen LogP contribution in [0, 0.1) is 0 Å². The van der Waals surface area contributed by atoms with Gasteiger partial charge >= 0.3 is 0 Å². The molecule has 1 aromatic heterocycles. The number of aromatic nitrogens is 1. The molecule has 0 fully saturated rings. The number of ether oxygens (including phenoxy) is 2. The number of methoxy groups -OCH3 is 1. The molecular formula is C21H18NO5-. The minimum atomic E-state index is -1.22. The van der Waals surface area contributed by atoms with Gasteiger partial charge in [0.15, 0.2) is 17.1 Å². The number of oxazole rings is 1. The van der Waals surface area contributed by atoms with Gasteiger partial charge in [0.1, 0.15) is 12.1 Å². The zero-order valence-electron chi connectivity index (χ0n) is 14.8.